The van der Waals surface area contributed by atoms with Gasteiger partial charge in [0.15, 0.2) is 0 Å². The van der Waals surface area contributed by atoms with E-state index in [2.05, 4.69) is 0 Å². The van der Waals surface area contributed by atoms with Crippen LogP contribution in [-0.4, -0.2) is 11.1 Å². The third-order valence-electron chi connectivity index (χ3n) is 4.34. The summed E-state index contributed by atoms with van der Waals surface area (Å²) in [7, 11) is 0. The van der Waals surface area contributed by atoms with Gasteiger partial charge in [-0.2, -0.15) is 0 Å². The van der Waals surface area contributed by atoms with Crippen LogP contribution in [0.1, 0.15) is 58.3 Å². The van der Waals surface area contributed by atoms with Crippen LogP contribution in [0.25, 0.3) is 0 Å². The van der Waals surface area contributed by atoms with E-state index in [1.54, 1.807) is 0 Å². The predicted octanol–water partition coefficient (Wildman–Crippen LogP) is 3.77. The van der Waals surface area contributed by atoms with E-state index in [1.807, 2.05) is 6.92 Å². The molecule has 90 valence electrons. The quantitative estimate of drug-likeness (QED) is 0.738. The summed E-state index contributed by atoms with van der Waals surface area (Å²) >= 11 is 0. The first-order chi connectivity index (χ1) is 7.70. The molecule has 1 N–H and O–H groups in total. The highest BCUT2D eigenvalue weighted by Gasteiger charge is 2.30. The zero-order valence-electron chi connectivity index (χ0n) is 10.2. The number of carbonyl (C=O) groups is 1. The van der Waals surface area contributed by atoms with E-state index in [4.69, 9.17) is 0 Å². The van der Waals surface area contributed by atoms with E-state index in [9.17, 15) is 9.90 Å². The monoisotopic (exact) mass is 222 g/mol. The Labute approximate surface area is 97.7 Å². The average molecular weight is 222 g/mol. The fourth-order valence-corrected chi connectivity index (χ4v) is 3.54. The van der Waals surface area contributed by atoms with E-state index >= 15 is 0 Å². The molecular formula is C14H22O2. The largest absolute Gasteiger partial charge is 0.478 e. The standard InChI is InChI=1S/C14H22O2/c1-10(14(15)16)13(11-6-2-3-7-11)12-8-4-5-9-12/h11-12H,2-9H2,1H3,(H,15,16). The fourth-order valence-electron chi connectivity index (χ4n) is 3.54. The molecule has 2 fully saturated rings. The second kappa shape index (κ2) is 5.03. The molecule has 2 heteroatoms. The number of carboxylic acid groups (broad SMARTS) is 1. The molecule has 0 aromatic heterocycles. The van der Waals surface area contributed by atoms with Crippen molar-refractivity contribution < 1.29 is 9.90 Å². The Morgan fingerprint density at radius 2 is 1.31 bits per heavy atom. The molecule has 2 aliphatic rings. The number of hydrogen-bond donors (Lipinski definition) is 1. The lowest BCUT2D eigenvalue weighted by molar-refractivity contribution is -0.132. The molecular weight excluding hydrogens is 200 g/mol. The minimum Gasteiger partial charge on any atom is -0.478 e. The van der Waals surface area contributed by atoms with E-state index in [0.29, 0.717) is 17.4 Å². The third-order valence-corrected chi connectivity index (χ3v) is 4.34. The van der Waals surface area contributed by atoms with Gasteiger partial charge in [0.05, 0.1) is 0 Å². The van der Waals surface area contributed by atoms with Gasteiger partial charge < -0.3 is 5.11 Å². The first kappa shape index (κ1) is 11.7. The zero-order chi connectivity index (χ0) is 11.5. The minimum atomic E-state index is -0.700. The van der Waals surface area contributed by atoms with Crippen LogP contribution >= 0.6 is 0 Å². The number of carboxylic acids is 1. The summed E-state index contributed by atoms with van der Waals surface area (Å²) in [6, 6.07) is 0. The summed E-state index contributed by atoms with van der Waals surface area (Å²) in [6.07, 6.45) is 10.0. The molecule has 0 saturated heterocycles. The number of allylic oxidation sites excluding steroid dienone is 1. The molecule has 0 aliphatic heterocycles. The molecule has 0 bridgehead atoms. The van der Waals surface area contributed by atoms with Crippen molar-refractivity contribution in [3.8, 4) is 0 Å². The second-order valence-corrected chi connectivity index (χ2v) is 5.35. The molecule has 2 nitrogen and oxygen atoms in total. The molecule has 2 saturated carbocycles. The van der Waals surface area contributed by atoms with Gasteiger partial charge in [-0.25, -0.2) is 4.79 Å². The molecule has 0 atom stereocenters. The van der Waals surface area contributed by atoms with Gasteiger partial charge in [-0.3, -0.25) is 0 Å². The highest BCUT2D eigenvalue weighted by molar-refractivity contribution is 5.87. The van der Waals surface area contributed by atoms with Crippen molar-refractivity contribution in [1.82, 2.24) is 0 Å². The van der Waals surface area contributed by atoms with Gasteiger partial charge in [0.1, 0.15) is 0 Å². The SMILES string of the molecule is CC(C(=O)O)=C(C1CCCC1)C1CCCC1. The molecule has 0 spiro atoms. The van der Waals surface area contributed by atoms with Crippen LogP contribution in [-0.2, 0) is 4.79 Å². The Morgan fingerprint density at radius 1 is 0.938 bits per heavy atom. The lowest BCUT2D eigenvalue weighted by Gasteiger charge is -2.22. The van der Waals surface area contributed by atoms with E-state index in [1.165, 1.54) is 56.9 Å². The Balaban J connectivity index is 2.24. The van der Waals surface area contributed by atoms with E-state index in [-0.39, 0.29) is 0 Å². The van der Waals surface area contributed by atoms with Crippen LogP contribution in [0.2, 0.25) is 0 Å². The molecule has 0 heterocycles. The third kappa shape index (κ3) is 2.31. The molecule has 2 rings (SSSR count). The van der Waals surface area contributed by atoms with Crippen molar-refractivity contribution in [2.24, 2.45) is 11.8 Å². The fraction of sp³-hybridized carbons (Fsp3) is 0.786. The summed E-state index contributed by atoms with van der Waals surface area (Å²) in [4.78, 5) is 11.2. The van der Waals surface area contributed by atoms with Gasteiger partial charge in [0.2, 0.25) is 0 Å². The molecule has 2 aliphatic carbocycles. The lowest BCUT2D eigenvalue weighted by atomic mass is 9.82. The number of hydrogen-bond acceptors (Lipinski definition) is 1. The lowest BCUT2D eigenvalue weighted by Crippen LogP contribution is -2.14. The normalized spacial score (nSPS) is 22.6. The first-order valence-electron chi connectivity index (χ1n) is 6.64. The van der Waals surface area contributed by atoms with Crippen LogP contribution in [0, 0.1) is 11.8 Å². The van der Waals surface area contributed by atoms with Crippen LogP contribution in [0.4, 0.5) is 0 Å². The van der Waals surface area contributed by atoms with Gasteiger partial charge in [0.25, 0.3) is 0 Å². The summed E-state index contributed by atoms with van der Waals surface area (Å²) < 4.78 is 0. The average Bonchev–Trinajstić information content (AvgIpc) is 2.89. The molecule has 0 radical (unpaired) electrons. The Hall–Kier alpha value is -0.790. The van der Waals surface area contributed by atoms with Gasteiger partial charge >= 0.3 is 5.97 Å². The van der Waals surface area contributed by atoms with Gasteiger partial charge in [-0.05, 0) is 44.4 Å². The molecule has 0 aromatic carbocycles. The van der Waals surface area contributed by atoms with E-state index < -0.39 is 5.97 Å². The van der Waals surface area contributed by atoms with Crippen molar-refractivity contribution in [2.75, 3.05) is 0 Å². The molecule has 0 unspecified atom stereocenters. The maximum atomic E-state index is 11.2. The van der Waals surface area contributed by atoms with Crippen LogP contribution in [0.15, 0.2) is 11.1 Å². The smallest absolute Gasteiger partial charge is 0.331 e. The second-order valence-electron chi connectivity index (χ2n) is 5.35. The van der Waals surface area contributed by atoms with Crippen molar-refractivity contribution in [3.05, 3.63) is 11.1 Å². The molecule has 0 amide bonds. The summed E-state index contributed by atoms with van der Waals surface area (Å²) in [6.45, 7) is 1.81. The van der Waals surface area contributed by atoms with Crippen molar-refractivity contribution in [1.29, 1.82) is 0 Å². The Bertz CT molecular complexity index is 274. The first-order valence-corrected chi connectivity index (χ1v) is 6.64. The highest BCUT2D eigenvalue weighted by Crippen LogP contribution is 2.42. The number of rotatable bonds is 3. The van der Waals surface area contributed by atoms with Crippen LogP contribution in [0.3, 0.4) is 0 Å². The maximum Gasteiger partial charge on any atom is 0.331 e. The van der Waals surface area contributed by atoms with Gasteiger partial charge in [0, 0.05) is 5.57 Å². The topological polar surface area (TPSA) is 37.3 Å². The summed E-state index contributed by atoms with van der Waals surface area (Å²) in [5.74, 6) is 0.465. The molecule has 0 aromatic rings. The summed E-state index contributed by atoms with van der Waals surface area (Å²) in [5, 5.41) is 9.22. The van der Waals surface area contributed by atoms with Crippen molar-refractivity contribution in [2.45, 2.75) is 58.3 Å². The van der Waals surface area contributed by atoms with E-state index in [0.717, 1.165) is 0 Å². The van der Waals surface area contributed by atoms with Crippen LogP contribution < -0.4 is 0 Å². The maximum absolute atomic E-state index is 11.2. The highest BCUT2D eigenvalue weighted by atomic mass is 16.4. The Morgan fingerprint density at radius 3 is 1.62 bits per heavy atom. The van der Waals surface area contributed by atoms with Gasteiger partial charge in [-0.1, -0.05) is 31.3 Å². The summed E-state index contributed by atoms with van der Waals surface area (Å²) in [5.41, 5.74) is 1.96. The molecule has 16 heavy (non-hydrogen) atoms. The number of aliphatic carboxylic acids is 1. The van der Waals surface area contributed by atoms with Crippen molar-refractivity contribution >= 4 is 5.97 Å². The minimum absolute atomic E-state index is 0.583. The zero-order valence-corrected chi connectivity index (χ0v) is 10.2. The van der Waals surface area contributed by atoms with Crippen LogP contribution in [0.5, 0.6) is 0 Å². The predicted molar refractivity (Wildman–Crippen MR) is 64.3 cm³/mol. The van der Waals surface area contributed by atoms with Crippen molar-refractivity contribution in [3.63, 3.8) is 0 Å². The van der Waals surface area contributed by atoms with Gasteiger partial charge in [-0.15, -0.1) is 0 Å². The Kier molecular flexibility index (Phi) is 3.67.